The second kappa shape index (κ2) is 7.98. The molecule has 0 spiro atoms. The number of hydrogen-bond acceptors (Lipinski definition) is 4. The molecule has 23 heavy (non-hydrogen) atoms. The zero-order valence-electron chi connectivity index (χ0n) is 12.8. The number of nitrogens with zero attached hydrogens (tertiary/aromatic N) is 4. The molecule has 6 nitrogen and oxygen atoms in total. The van der Waals surface area contributed by atoms with E-state index in [4.69, 9.17) is 5.73 Å². The fourth-order valence-corrected chi connectivity index (χ4v) is 2.34. The Balaban J connectivity index is 1.81. The van der Waals surface area contributed by atoms with Gasteiger partial charge in [-0.05, 0) is 18.9 Å². The van der Waals surface area contributed by atoms with Crippen molar-refractivity contribution in [3.63, 3.8) is 0 Å². The van der Waals surface area contributed by atoms with Crippen molar-refractivity contribution >= 4 is 11.9 Å². The standard InChI is InChI=1S/C14H21F3N6/c15-14(16,17)11-5-6-20-13(22-11)21-8-7-19-12(18)23-9-3-1-2-4-10-23/h5-6H,1-4,7-10H2,(H2,18,19)(H,20,21,22). The van der Waals surface area contributed by atoms with E-state index in [-0.39, 0.29) is 5.95 Å². The molecule has 0 saturated carbocycles. The molecule has 0 aliphatic carbocycles. The minimum atomic E-state index is -4.48. The van der Waals surface area contributed by atoms with Crippen molar-refractivity contribution < 1.29 is 13.2 Å². The molecule has 0 amide bonds. The van der Waals surface area contributed by atoms with Gasteiger partial charge in [0.15, 0.2) is 5.96 Å². The van der Waals surface area contributed by atoms with E-state index in [0.29, 0.717) is 19.0 Å². The minimum Gasteiger partial charge on any atom is -0.370 e. The van der Waals surface area contributed by atoms with Crippen LogP contribution in [0.15, 0.2) is 17.3 Å². The Bertz CT molecular complexity index is 523. The van der Waals surface area contributed by atoms with Gasteiger partial charge in [0.05, 0.1) is 6.54 Å². The number of rotatable bonds is 4. The molecular formula is C14H21F3N6. The lowest BCUT2D eigenvalue weighted by molar-refractivity contribution is -0.141. The fourth-order valence-electron chi connectivity index (χ4n) is 2.34. The van der Waals surface area contributed by atoms with Crippen LogP contribution in [0.25, 0.3) is 0 Å². The van der Waals surface area contributed by atoms with E-state index in [1.54, 1.807) is 0 Å². The summed E-state index contributed by atoms with van der Waals surface area (Å²) >= 11 is 0. The first kappa shape index (κ1) is 17.3. The molecule has 0 unspecified atom stereocenters. The SMILES string of the molecule is NC(=NCCNc1nccc(C(F)(F)F)n1)N1CCCCCC1. The number of aliphatic imine (C=N–C) groups is 1. The van der Waals surface area contributed by atoms with Crippen molar-refractivity contribution in [3.05, 3.63) is 18.0 Å². The molecular weight excluding hydrogens is 309 g/mol. The first-order valence-corrected chi connectivity index (χ1v) is 7.66. The van der Waals surface area contributed by atoms with Crippen LogP contribution >= 0.6 is 0 Å². The van der Waals surface area contributed by atoms with Crippen LogP contribution in [-0.4, -0.2) is 47.0 Å². The number of alkyl halides is 3. The normalized spacial score (nSPS) is 17.0. The van der Waals surface area contributed by atoms with E-state index >= 15 is 0 Å². The number of anilines is 1. The molecule has 1 aliphatic heterocycles. The summed E-state index contributed by atoms with van der Waals surface area (Å²) in [5.74, 6) is 0.419. The van der Waals surface area contributed by atoms with Crippen molar-refractivity contribution in [1.82, 2.24) is 14.9 Å². The van der Waals surface area contributed by atoms with Crippen molar-refractivity contribution in [3.8, 4) is 0 Å². The van der Waals surface area contributed by atoms with Crippen molar-refractivity contribution in [1.29, 1.82) is 0 Å². The van der Waals surface area contributed by atoms with Crippen LogP contribution in [-0.2, 0) is 6.18 Å². The Labute approximate surface area is 133 Å². The Kier molecular flexibility index (Phi) is 6.00. The molecule has 0 radical (unpaired) electrons. The van der Waals surface area contributed by atoms with Crippen LogP contribution in [0.1, 0.15) is 31.4 Å². The highest BCUT2D eigenvalue weighted by Crippen LogP contribution is 2.27. The van der Waals surface area contributed by atoms with Gasteiger partial charge >= 0.3 is 6.18 Å². The summed E-state index contributed by atoms with van der Waals surface area (Å²) in [4.78, 5) is 13.5. The zero-order valence-corrected chi connectivity index (χ0v) is 12.8. The third kappa shape index (κ3) is 5.57. The maximum Gasteiger partial charge on any atom is 0.433 e. The van der Waals surface area contributed by atoms with Gasteiger partial charge in [-0.2, -0.15) is 13.2 Å². The molecule has 2 rings (SSSR count). The Morgan fingerprint density at radius 3 is 2.61 bits per heavy atom. The predicted octanol–water partition coefficient (Wildman–Crippen LogP) is 2.10. The van der Waals surface area contributed by atoms with Gasteiger partial charge in [0.1, 0.15) is 5.69 Å². The van der Waals surface area contributed by atoms with Gasteiger partial charge in [-0.3, -0.25) is 4.99 Å². The topological polar surface area (TPSA) is 79.4 Å². The molecule has 1 aliphatic rings. The third-order valence-corrected chi connectivity index (χ3v) is 3.54. The maximum absolute atomic E-state index is 12.5. The molecule has 3 N–H and O–H groups in total. The second-order valence-electron chi connectivity index (χ2n) is 5.33. The van der Waals surface area contributed by atoms with Gasteiger partial charge < -0.3 is 16.0 Å². The van der Waals surface area contributed by atoms with E-state index in [1.165, 1.54) is 12.8 Å². The Hall–Kier alpha value is -2.06. The van der Waals surface area contributed by atoms with E-state index in [2.05, 4.69) is 20.3 Å². The lowest BCUT2D eigenvalue weighted by Crippen LogP contribution is -2.38. The monoisotopic (exact) mass is 330 g/mol. The van der Waals surface area contributed by atoms with Crippen LogP contribution < -0.4 is 11.1 Å². The number of guanidine groups is 1. The molecule has 2 heterocycles. The summed E-state index contributed by atoms with van der Waals surface area (Å²) in [5.41, 5.74) is 4.98. The van der Waals surface area contributed by atoms with Crippen molar-refractivity contribution in [2.75, 3.05) is 31.5 Å². The summed E-state index contributed by atoms with van der Waals surface area (Å²) < 4.78 is 37.6. The Morgan fingerprint density at radius 1 is 1.26 bits per heavy atom. The van der Waals surface area contributed by atoms with Gasteiger partial charge in [-0.15, -0.1) is 0 Å². The average molecular weight is 330 g/mol. The molecule has 0 atom stereocenters. The molecule has 9 heteroatoms. The van der Waals surface area contributed by atoms with Crippen molar-refractivity contribution in [2.24, 2.45) is 10.7 Å². The number of nitrogens with two attached hydrogens (primary N) is 1. The first-order valence-electron chi connectivity index (χ1n) is 7.66. The lowest BCUT2D eigenvalue weighted by atomic mass is 10.2. The van der Waals surface area contributed by atoms with E-state index in [1.807, 2.05) is 4.90 Å². The van der Waals surface area contributed by atoms with Gasteiger partial charge in [0.2, 0.25) is 5.95 Å². The van der Waals surface area contributed by atoms with Gasteiger partial charge in [-0.1, -0.05) is 12.8 Å². The number of halogens is 3. The molecule has 128 valence electrons. The van der Waals surface area contributed by atoms with Gasteiger partial charge in [-0.25, -0.2) is 9.97 Å². The van der Waals surface area contributed by atoms with E-state index in [9.17, 15) is 13.2 Å². The predicted molar refractivity (Wildman–Crippen MR) is 82.1 cm³/mol. The molecule has 1 saturated heterocycles. The molecule has 0 bridgehead atoms. The highest BCUT2D eigenvalue weighted by atomic mass is 19.4. The summed E-state index contributed by atoms with van der Waals surface area (Å²) in [6, 6.07) is 0.834. The quantitative estimate of drug-likeness (QED) is 0.502. The first-order chi connectivity index (χ1) is 11.0. The minimum absolute atomic E-state index is 0.0663. The number of nitrogens with one attached hydrogen (secondary N) is 1. The second-order valence-corrected chi connectivity index (χ2v) is 5.33. The van der Waals surface area contributed by atoms with Gasteiger partial charge in [0.25, 0.3) is 0 Å². The number of likely N-dealkylation sites (tertiary alicyclic amines) is 1. The van der Waals surface area contributed by atoms with Crippen LogP contribution in [0.5, 0.6) is 0 Å². The maximum atomic E-state index is 12.5. The zero-order chi connectivity index (χ0) is 16.7. The number of aromatic nitrogens is 2. The lowest BCUT2D eigenvalue weighted by Gasteiger charge is -2.21. The fraction of sp³-hybridized carbons (Fsp3) is 0.643. The molecule has 1 aromatic rings. The van der Waals surface area contributed by atoms with Gasteiger partial charge in [0, 0.05) is 25.8 Å². The van der Waals surface area contributed by atoms with Crippen LogP contribution in [0.3, 0.4) is 0 Å². The van der Waals surface area contributed by atoms with Crippen LogP contribution in [0.2, 0.25) is 0 Å². The number of hydrogen-bond donors (Lipinski definition) is 2. The van der Waals surface area contributed by atoms with E-state index < -0.39 is 11.9 Å². The largest absolute Gasteiger partial charge is 0.433 e. The highest BCUT2D eigenvalue weighted by molar-refractivity contribution is 5.78. The highest BCUT2D eigenvalue weighted by Gasteiger charge is 2.32. The summed E-state index contributed by atoms with van der Waals surface area (Å²) in [7, 11) is 0. The molecule has 1 fully saturated rings. The van der Waals surface area contributed by atoms with E-state index in [0.717, 1.165) is 38.2 Å². The third-order valence-electron chi connectivity index (χ3n) is 3.54. The summed E-state index contributed by atoms with van der Waals surface area (Å²) in [5, 5.41) is 2.72. The van der Waals surface area contributed by atoms with Crippen LogP contribution in [0.4, 0.5) is 19.1 Å². The summed E-state index contributed by atoms with van der Waals surface area (Å²) in [6.45, 7) is 2.47. The Morgan fingerprint density at radius 2 is 1.96 bits per heavy atom. The summed E-state index contributed by atoms with van der Waals surface area (Å²) in [6.07, 6.45) is 1.22. The smallest absolute Gasteiger partial charge is 0.370 e. The average Bonchev–Trinajstić information content (AvgIpc) is 2.80. The molecule has 1 aromatic heterocycles. The van der Waals surface area contributed by atoms with Crippen LogP contribution in [0, 0.1) is 0 Å². The van der Waals surface area contributed by atoms with Crippen molar-refractivity contribution in [2.45, 2.75) is 31.9 Å². The molecule has 0 aromatic carbocycles.